The molecule has 2 aliphatic rings. The van der Waals surface area contributed by atoms with Gasteiger partial charge in [0, 0.05) is 37.8 Å². The van der Waals surface area contributed by atoms with E-state index in [-0.39, 0.29) is 30.1 Å². The van der Waals surface area contributed by atoms with Crippen molar-refractivity contribution in [2.75, 3.05) is 50.3 Å². The van der Waals surface area contributed by atoms with Crippen molar-refractivity contribution in [1.82, 2.24) is 9.88 Å². The average Bonchev–Trinajstić information content (AvgIpc) is 3.25. The monoisotopic (exact) mass is 479 g/mol. The van der Waals surface area contributed by atoms with Gasteiger partial charge in [-0.3, -0.25) is 4.79 Å². The van der Waals surface area contributed by atoms with Crippen LogP contribution >= 0.6 is 0 Å². The fourth-order valence-electron chi connectivity index (χ4n) is 3.93. The summed E-state index contributed by atoms with van der Waals surface area (Å²) in [6, 6.07) is 6.79. The third kappa shape index (κ3) is 5.47. The molecule has 33 heavy (non-hydrogen) atoms. The second-order valence-corrected chi connectivity index (χ2v) is 10.3. The van der Waals surface area contributed by atoms with Crippen molar-refractivity contribution in [3.63, 3.8) is 0 Å². The van der Waals surface area contributed by atoms with Gasteiger partial charge in [0.1, 0.15) is 34.0 Å². The third-order valence-corrected chi connectivity index (χ3v) is 6.52. The minimum Gasteiger partial charge on any atom is -0.490 e. The van der Waals surface area contributed by atoms with Crippen molar-refractivity contribution in [3.8, 4) is 17.4 Å². The molecule has 3 heterocycles. The number of ether oxygens (including phenoxy) is 3. The fourth-order valence-corrected chi connectivity index (χ4v) is 4.47. The lowest BCUT2D eigenvalue weighted by Crippen LogP contribution is -2.32. The lowest BCUT2D eigenvalue weighted by molar-refractivity contribution is -0.130. The Morgan fingerprint density at radius 2 is 2.12 bits per heavy atom. The highest BCUT2D eigenvalue weighted by Crippen LogP contribution is 2.40. The van der Waals surface area contributed by atoms with Crippen LogP contribution in [0, 0.1) is 5.82 Å². The number of amides is 1. The first-order valence-electron chi connectivity index (χ1n) is 10.6. The number of fused-ring (bicyclic) bond motifs is 1. The molecule has 11 heteroatoms. The number of nitrogens with zero attached hydrogens (tertiary/aromatic N) is 3. The number of carbonyl (C=O) groups is 1. The number of aromatic nitrogens is 1. The van der Waals surface area contributed by atoms with Gasteiger partial charge >= 0.3 is 0 Å². The van der Waals surface area contributed by atoms with Crippen molar-refractivity contribution in [2.45, 2.75) is 18.9 Å². The Kier molecular flexibility index (Phi) is 6.59. The molecule has 1 aromatic heterocycles. The van der Waals surface area contributed by atoms with Crippen LogP contribution in [-0.4, -0.2) is 75.7 Å². The Labute approximate surface area is 192 Å². The zero-order valence-corrected chi connectivity index (χ0v) is 19.3. The molecule has 1 aromatic carbocycles. The van der Waals surface area contributed by atoms with Crippen LogP contribution in [0.4, 0.5) is 15.8 Å². The average molecular weight is 480 g/mol. The van der Waals surface area contributed by atoms with Crippen LogP contribution in [-0.2, 0) is 14.6 Å². The lowest BCUT2D eigenvalue weighted by Gasteiger charge is -2.31. The molecule has 0 saturated carbocycles. The summed E-state index contributed by atoms with van der Waals surface area (Å²) in [4.78, 5) is 19.8. The number of hydrogen-bond donors (Lipinski definition) is 0. The maximum absolute atomic E-state index is 14.2. The molecule has 0 spiro atoms. The van der Waals surface area contributed by atoms with Crippen molar-refractivity contribution >= 4 is 27.1 Å². The van der Waals surface area contributed by atoms with Crippen LogP contribution in [0.15, 0.2) is 30.5 Å². The number of benzene rings is 1. The summed E-state index contributed by atoms with van der Waals surface area (Å²) in [5.74, 6) is 0.277. The molecule has 1 saturated heterocycles. The summed E-state index contributed by atoms with van der Waals surface area (Å²) in [5, 5.41) is 0. The molecule has 1 amide bonds. The molecule has 4 rings (SSSR count). The Bertz CT molecular complexity index is 1140. The molecule has 2 aromatic rings. The number of rotatable bonds is 7. The van der Waals surface area contributed by atoms with Gasteiger partial charge in [-0.15, -0.1) is 0 Å². The number of sulfone groups is 1. The summed E-state index contributed by atoms with van der Waals surface area (Å²) < 4.78 is 53.6. The number of halogens is 1. The first-order valence-corrected chi connectivity index (χ1v) is 12.7. The first kappa shape index (κ1) is 23.1. The van der Waals surface area contributed by atoms with Gasteiger partial charge in [0.05, 0.1) is 43.5 Å². The van der Waals surface area contributed by atoms with Gasteiger partial charge < -0.3 is 24.0 Å². The van der Waals surface area contributed by atoms with E-state index in [0.29, 0.717) is 49.8 Å². The van der Waals surface area contributed by atoms with Crippen molar-refractivity contribution < 1.29 is 31.8 Å². The Morgan fingerprint density at radius 3 is 2.85 bits per heavy atom. The topological polar surface area (TPSA) is 98.3 Å². The quantitative estimate of drug-likeness (QED) is 0.596. The molecule has 1 unspecified atom stereocenters. The Hall–Kier alpha value is -3.08. The smallest absolute Gasteiger partial charge is 0.250 e. The molecule has 9 nitrogen and oxygen atoms in total. The lowest BCUT2D eigenvalue weighted by atomic mass is 10.2. The normalized spacial score (nSPS) is 18.0. The molecule has 0 radical (unpaired) electrons. The SMILES string of the molecule is COc1ncc(N2CCOc3ccc(OC4CCN(C(=O)CCS(C)(=O)=O)C4)cc32)cc1F. The van der Waals surface area contributed by atoms with Crippen molar-refractivity contribution in [3.05, 3.63) is 36.3 Å². The van der Waals surface area contributed by atoms with Crippen LogP contribution < -0.4 is 19.1 Å². The Balaban J connectivity index is 1.45. The summed E-state index contributed by atoms with van der Waals surface area (Å²) >= 11 is 0. The maximum Gasteiger partial charge on any atom is 0.250 e. The number of methoxy groups -OCH3 is 1. The fraction of sp³-hybridized carbons (Fsp3) is 0.455. The first-order chi connectivity index (χ1) is 15.7. The Morgan fingerprint density at radius 1 is 1.30 bits per heavy atom. The number of carbonyl (C=O) groups excluding carboxylic acids is 1. The molecule has 1 atom stereocenters. The highest BCUT2D eigenvalue weighted by Gasteiger charge is 2.29. The standard InChI is InChI=1S/C22H26FN3O6S/c1-30-22-18(23)11-15(13-24-22)26-8-9-31-20-4-3-16(12-19(20)26)32-17-5-7-25(14-17)21(27)6-10-33(2,28)29/h3-4,11-13,17H,5-10,14H2,1-2H3. The van der Waals surface area contributed by atoms with E-state index < -0.39 is 15.7 Å². The maximum atomic E-state index is 14.2. The number of likely N-dealkylation sites (tertiary alicyclic amines) is 1. The highest BCUT2D eigenvalue weighted by molar-refractivity contribution is 7.90. The van der Waals surface area contributed by atoms with E-state index in [1.54, 1.807) is 23.2 Å². The van der Waals surface area contributed by atoms with Gasteiger partial charge in [-0.1, -0.05) is 0 Å². The minimum absolute atomic E-state index is 0.0246. The second-order valence-electron chi connectivity index (χ2n) is 8.06. The van der Waals surface area contributed by atoms with E-state index >= 15 is 0 Å². The van der Waals surface area contributed by atoms with Gasteiger partial charge in [0.25, 0.3) is 0 Å². The van der Waals surface area contributed by atoms with Gasteiger partial charge in [0.2, 0.25) is 11.8 Å². The van der Waals surface area contributed by atoms with E-state index in [1.165, 1.54) is 13.2 Å². The van der Waals surface area contributed by atoms with Gasteiger partial charge in [-0.05, 0) is 12.1 Å². The molecule has 2 aliphatic heterocycles. The van der Waals surface area contributed by atoms with E-state index in [0.717, 1.165) is 11.9 Å². The molecule has 0 aliphatic carbocycles. The number of pyridine rings is 1. The largest absolute Gasteiger partial charge is 0.490 e. The van der Waals surface area contributed by atoms with Crippen LogP contribution in [0.1, 0.15) is 12.8 Å². The molecule has 0 bridgehead atoms. The number of anilines is 2. The molecule has 178 valence electrons. The number of hydrogen-bond acceptors (Lipinski definition) is 8. The zero-order valence-electron chi connectivity index (χ0n) is 18.5. The third-order valence-electron chi connectivity index (χ3n) is 5.58. The van der Waals surface area contributed by atoms with E-state index in [1.807, 2.05) is 11.0 Å². The van der Waals surface area contributed by atoms with Crippen LogP contribution in [0.5, 0.6) is 17.4 Å². The van der Waals surface area contributed by atoms with Crippen LogP contribution in [0.2, 0.25) is 0 Å². The highest BCUT2D eigenvalue weighted by atomic mass is 32.2. The second kappa shape index (κ2) is 9.42. The van der Waals surface area contributed by atoms with Crippen LogP contribution in [0.3, 0.4) is 0 Å². The molecular formula is C22H26FN3O6S. The zero-order chi connectivity index (χ0) is 23.6. The van der Waals surface area contributed by atoms with Crippen LogP contribution in [0.25, 0.3) is 0 Å². The van der Waals surface area contributed by atoms with E-state index in [9.17, 15) is 17.6 Å². The molecule has 1 fully saturated rings. The summed E-state index contributed by atoms with van der Waals surface area (Å²) in [6.45, 7) is 1.86. The summed E-state index contributed by atoms with van der Waals surface area (Å²) in [7, 11) is -1.82. The van der Waals surface area contributed by atoms with Gasteiger partial charge in [-0.2, -0.15) is 0 Å². The predicted molar refractivity (Wildman–Crippen MR) is 120 cm³/mol. The van der Waals surface area contributed by atoms with Gasteiger partial charge in [-0.25, -0.2) is 17.8 Å². The minimum atomic E-state index is -3.18. The van der Waals surface area contributed by atoms with Crippen molar-refractivity contribution in [1.29, 1.82) is 0 Å². The van der Waals surface area contributed by atoms with Crippen molar-refractivity contribution in [2.24, 2.45) is 0 Å². The molecule has 0 N–H and O–H groups in total. The van der Waals surface area contributed by atoms with Gasteiger partial charge in [0.15, 0.2) is 5.82 Å². The predicted octanol–water partition coefficient (Wildman–Crippen LogP) is 2.17. The van der Waals surface area contributed by atoms with E-state index in [4.69, 9.17) is 14.2 Å². The summed E-state index contributed by atoms with van der Waals surface area (Å²) in [5.41, 5.74) is 1.29. The van der Waals surface area contributed by atoms with E-state index in [2.05, 4.69) is 4.98 Å². The molecular weight excluding hydrogens is 453 g/mol. The summed E-state index contributed by atoms with van der Waals surface area (Å²) in [6.07, 6.45) is 3.08.